The van der Waals surface area contributed by atoms with Gasteiger partial charge in [-0.1, -0.05) is 18.2 Å². The third kappa shape index (κ3) is 2.12. The number of oxazole rings is 1. The molecular formula is C15H14N2O2. The van der Waals surface area contributed by atoms with E-state index >= 15 is 0 Å². The number of ether oxygens (including phenoxy) is 1. The van der Waals surface area contributed by atoms with Gasteiger partial charge in [-0.05, 0) is 29.0 Å². The molecule has 3 aromatic rings. The number of aromatic nitrogens is 1. The summed E-state index contributed by atoms with van der Waals surface area (Å²) in [4.78, 5) is 4.34. The van der Waals surface area contributed by atoms with Gasteiger partial charge in [0.2, 0.25) is 0 Å². The van der Waals surface area contributed by atoms with Crippen LogP contribution in [0.4, 0.5) is 6.01 Å². The van der Waals surface area contributed by atoms with Crippen molar-refractivity contribution in [3.05, 3.63) is 42.7 Å². The first-order valence-electron chi connectivity index (χ1n) is 6.01. The highest BCUT2D eigenvalue weighted by molar-refractivity contribution is 5.87. The van der Waals surface area contributed by atoms with Crippen molar-refractivity contribution in [3.8, 4) is 17.0 Å². The van der Waals surface area contributed by atoms with Crippen LogP contribution in [-0.4, -0.2) is 19.1 Å². The highest BCUT2D eigenvalue weighted by Gasteiger charge is 2.06. The standard InChI is InChI=1S/C15H14N2O2/c1-16-15-17-14(9-19-15)12-4-3-11-8-13(18-2)6-5-10(11)7-12/h3-9H,1-2H3,(H,16,17). The molecule has 0 saturated heterocycles. The van der Waals surface area contributed by atoms with Crippen LogP contribution in [0.3, 0.4) is 0 Å². The number of fused-ring (bicyclic) bond motifs is 1. The van der Waals surface area contributed by atoms with Gasteiger partial charge in [-0.25, -0.2) is 0 Å². The smallest absolute Gasteiger partial charge is 0.294 e. The Morgan fingerprint density at radius 1 is 1.11 bits per heavy atom. The van der Waals surface area contributed by atoms with E-state index in [4.69, 9.17) is 9.15 Å². The Morgan fingerprint density at radius 2 is 1.89 bits per heavy atom. The fraction of sp³-hybridized carbons (Fsp3) is 0.133. The minimum absolute atomic E-state index is 0.518. The van der Waals surface area contributed by atoms with E-state index in [0.717, 1.165) is 27.8 Å². The molecule has 3 rings (SSSR count). The highest BCUT2D eigenvalue weighted by Crippen LogP contribution is 2.27. The van der Waals surface area contributed by atoms with Gasteiger partial charge in [0, 0.05) is 12.6 Å². The van der Waals surface area contributed by atoms with Gasteiger partial charge in [-0.15, -0.1) is 0 Å². The van der Waals surface area contributed by atoms with Crippen molar-refractivity contribution in [2.24, 2.45) is 0 Å². The van der Waals surface area contributed by atoms with E-state index in [1.807, 2.05) is 24.3 Å². The average Bonchev–Trinajstić information content (AvgIpc) is 2.95. The molecule has 0 saturated carbocycles. The molecular weight excluding hydrogens is 240 g/mol. The van der Waals surface area contributed by atoms with Gasteiger partial charge < -0.3 is 14.5 Å². The van der Waals surface area contributed by atoms with Crippen molar-refractivity contribution in [2.45, 2.75) is 0 Å². The topological polar surface area (TPSA) is 47.3 Å². The van der Waals surface area contributed by atoms with Crippen molar-refractivity contribution >= 4 is 16.8 Å². The predicted molar refractivity (Wildman–Crippen MR) is 75.5 cm³/mol. The largest absolute Gasteiger partial charge is 0.497 e. The quantitative estimate of drug-likeness (QED) is 0.776. The van der Waals surface area contributed by atoms with Gasteiger partial charge in [0.1, 0.15) is 17.7 Å². The number of hydrogen-bond acceptors (Lipinski definition) is 4. The van der Waals surface area contributed by atoms with E-state index in [1.165, 1.54) is 0 Å². The first-order chi connectivity index (χ1) is 9.30. The van der Waals surface area contributed by atoms with E-state index in [9.17, 15) is 0 Å². The molecule has 0 fully saturated rings. The fourth-order valence-electron chi connectivity index (χ4n) is 2.03. The Morgan fingerprint density at radius 3 is 2.63 bits per heavy atom. The van der Waals surface area contributed by atoms with Crippen LogP contribution in [0.15, 0.2) is 47.1 Å². The maximum atomic E-state index is 5.27. The highest BCUT2D eigenvalue weighted by atomic mass is 16.5. The summed E-state index contributed by atoms with van der Waals surface area (Å²) in [7, 11) is 3.45. The van der Waals surface area contributed by atoms with E-state index in [1.54, 1.807) is 20.4 Å². The van der Waals surface area contributed by atoms with Crippen LogP contribution in [0.5, 0.6) is 5.75 Å². The Balaban J connectivity index is 2.06. The van der Waals surface area contributed by atoms with Crippen LogP contribution in [0.1, 0.15) is 0 Å². The van der Waals surface area contributed by atoms with Crippen LogP contribution in [0.25, 0.3) is 22.0 Å². The molecule has 0 unspecified atom stereocenters. The lowest BCUT2D eigenvalue weighted by molar-refractivity contribution is 0.415. The van der Waals surface area contributed by atoms with Gasteiger partial charge in [-0.2, -0.15) is 4.98 Å². The SMILES string of the molecule is CNc1nc(-c2ccc3cc(OC)ccc3c2)co1. The molecule has 0 spiro atoms. The second-order valence-corrected chi connectivity index (χ2v) is 4.22. The van der Waals surface area contributed by atoms with Crippen LogP contribution < -0.4 is 10.1 Å². The molecule has 0 atom stereocenters. The number of rotatable bonds is 3. The lowest BCUT2D eigenvalue weighted by Crippen LogP contribution is -1.87. The van der Waals surface area contributed by atoms with Crippen molar-refractivity contribution in [1.82, 2.24) is 4.98 Å². The maximum Gasteiger partial charge on any atom is 0.294 e. The summed E-state index contributed by atoms with van der Waals surface area (Å²) in [5, 5.41) is 5.16. The van der Waals surface area contributed by atoms with Crippen LogP contribution in [-0.2, 0) is 0 Å². The lowest BCUT2D eigenvalue weighted by Gasteiger charge is -2.04. The zero-order chi connectivity index (χ0) is 13.2. The minimum atomic E-state index is 0.518. The van der Waals surface area contributed by atoms with Crippen molar-refractivity contribution < 1.29 is 9.15 Å². The summed E-state index contributed by atoms with van der Waals surface area (Å²) in [6.07, 6.45) is 1.65. The molecule has 0 aliphatic heterocycles. The van der Waals surface area contributed by atoms with Crippen molar-refractivity contribution in [2.75, 3.05) is 19.5 Å². The number of hydrogen-bond donors (Lipinski definition) is 1. The van der Waals surface area contributed by atoms with Crippen LogP contribution in [0, 0.1) is 0 Å². The molecule has 19 heavy (non-hydrogen) atoms. The second-order valence-electron chi connectivity index (χ2n) is 4.22. The molecule has 0 amide bonds. The van der Waals surface area contributed by atoms with Crippen molar-refractivity contribution in [3.63, 3.8) is 0 Å². The summed E-state index contributed by atoms with van der Waals surface area (Å²) in [5.41, 5.74) is 1.85. The van der Waals surface area contributed by atoms with E-state index in [0.29, 0.717) is 6.01 Å². The van der Waals surface area contributed by atoms with Gasteiger partial charge in [0.25, 0.3) is 6.01 Å². The van der Waals surface area contributed by atoms with Crippen LogP contribution >= 0.6 is 0 Å². The molecule has 0 radical (unpaired) electrons. The van der Waals surface area contributed by atoms with Crippen molar-refractivity contribution in [1.29, 1.82) is 0 Å². The normalized spacial score (nSPS) is 10.6. The first-order valence-corrected chi connectivity index (χ1v) is 6.01. The zero-order valence-corrected chi connectivity index (χ0v) is 10.8. The summed E-state index contributed by atoms with van der Waals surface area (Å²) in [5.74, 6) is 0.860. The summed E-state index contributed by atoms with van der Waals surface area (Å²) in [6, 6.07) is 12.7. The zero-order valence-electron chi connectivity index (χ0n) is 10.8. The molecule has 4 nitrogen and oxygen atoms in total. The number of nitrogens with zero attached hydrogens (tertiary/aromatic N) is 1. The van der Waals surface area contributed by atoms with Gasteiger partial charge >= 0.3 is 0 Å². The Hall–Kier alpha value is -2.49. The van der Waals surface area contributed by atoms with Crippen LogP contribution in [0.2, 0.25) is 0 Å². The number of benzene rings is 2. The Kier molecular flexibility index (Phi) is 2.83. The number of methoxy groups -OCH3 is 1. The second kappa shape index (κ2) is 4.65. The first kappa shape index (κ1) is 11.6. The van der Waals surface area contributed by atoms with E-state index in [2.05, 4.69) is 22.4 Å². The average molecular weight is 254 g/mol. The Bertz CT molecular complexity index is 719. The molecule has 0 aliphatic carbocycles. The van der Waals surface area contributed by atoms with Gasteiger partial charge in [-0.3, -0.25) is 0 Å². The summed E-state index contributed by atoms with van der Waals surface area (Å²) >= 11 is 0. The van der Waals surface area contributed by atoms with Gasteiger partial charge in [0.15, 0.2) is 0 Å². The monoisotopic (exact) mass is 254 g/mol. The number of anilines is 1. The molecule has 1 N–H and O–H groups in total. The minimum Gasteiger partial charge on any atom is -0.497 e. The van der Waals surface area contributed by atoms with E-state index in [-0.39, 0.29) is 0 Å². The maximum absolute atomic E-state index is 5.27. The lowest BCUT2D eigenvalue weighted by atomic mass is 10.1. The molecule has 96 valence electrons. The van der Waals surface area contributed by atoms with Gasteiger partial charge in [0.05, 0.1) is 7.11 Å². The Labute approximate surface area is 111 Å². The molecule has 4 heteroatoms. The summed E-state index contributed by atoms with van der Waals surface area (Å²) < 4.78 is 10.5. The predicted octanol–water partition coefficient (Wildman–Crippen LogP) is 3.55. The summed E-state index contributed by atoms with van der Waals surface area (Å²) in [6.45, 7) is 0. The third-order valence-electron chi connectivity index (χ3n) is 3.06. The number of nitrogens with one attached hydrogen (secondary N) is 1. The molecule has 1 aromatic heterocycles. The fourth-order valence-corrected chi connectivity index (χ4v) is 2.03. The molecule has 0 bridgehead atoms. The molecule has 0 aliphatic rings. The third-order valence-corrected chi connectivity index (χ3v) is 3.06. The molecule has 2 aromatic carbocycles. The van der Waals surface area contributed by atoms with E-state index < -0.39 is 0 Å². The molecule has 1 heterocycles.